The summed E-state index contributed by atoms with van der Waals surface area (Å²) in [6.07, 6.45) is 3.85. The second-order valence-electron chi connectivity index (χ2n) is 3.78. The number of unbranched alkanes of at least 4 members (excludes halogenated alkanes) is 3. The molecule has 1 fully saturated rings. The van der Waals surface area contributed by atoms with E-state index in [0.29, 0.717) is 6.61 Å². The van der Waals surface area contributed by atoms with E-state index in [4.69, 9.17) is 4.74 Å². The van der Waals surface area contributed by atoms with E-state index < -0.39 is 6.10 Å². The Bertz CT molecular complexity index is 208. The quantitative estimate of drug-likeness (QED) is 0.408. The highest BCUT2D eigenvalue weighted by molar-refractivity contribution is 5.14. The molecule has 1 N–H and O–H groups in total. The SMILES string of the molecule is CCCCCC#C[C@@H](O)[C@]1(C)CO1. The van der Waals surface area contributed by atoms with Gasteiger partial charge in [0.2, 0.25) is 0 Å². The van der Waals surface area contributed by atoms with Crippen molar-refractivity contribution in [3.05, 3.63) is 0 Å². The average Bonchev–Trinajstić information content (AvgIpc) is 2.84. The molecule has 0 aromatic rings. The van der Waals surface area contributed by atoms with Gasteiger partial charge in [-0.25, -0.2) is 0 Å². The van der Waals surface area contributed by atoms with Gasteiger partial charge in [0, 0.05) is 6.42 Å². The first kappa shape index (κ1) is 10.6. The highest BCUT2D eigenvalue weighted by Gasteiger charge is 2.45. The Morgan fingerprint density at radius 2 is 2.23 bits per heavy atom. The van der Waals surface area contributed by atoms with E-state index in [1.807, 2.05) is 6.92 Å². The number of ether oxygens (including phenoxy) is 1. The maximum absolute atomic E-state index is 9.51. The van der Waals surface area contributed by atoms with E-state index in [2.05, 4.69) is 18.8 Å². The summed E-state index contributed by atoms with van der Waals surface area (Å²) in [4.78, 5) is 0. The molecule has 1 heterocycles. The predicted octanol–water partition coefficient (Wildman–Crippen LogP) is 1.72. The zero-order valence-electron chi connectivity index (χ0n) is 8.47. The third-order valence-electron chi connectivity index (χ3n) is 2.32. The number of aliphatic hydroxyl groups is 1. The van der Waals surface area contributed by atoms with Crippen LogP contribution in [0.3, 0.4) is 0 Å². The smallest absolute Gasteiger partial charge is 0.145 e. The Morgan fingerprint density at radius 3 is 2.77 bits per heavy atom. The van der Waals surface area contributed by atoms with Crippen LogP contribution in [-0.4, -0.2) is 23.4 Å². The first-order chi connectivity index (χ1) is 6.19. The molecular formula is C11H18O2. The predicted molar refractivity (Wildman–Crippen MR) is 52.3 cm³/mol. The van der Waals surface area contributed by atoms with Gasteiger partial charge in [-0.2, -0.15) is 0 Å². The lowest BCUT2D eigenvalue weighted by atomic mass is 10.1. The molecule has 2 atom stereocenters. The van der Waals surface area contributed by atoms with Crippen molar-refractivity contribution in [1.82, 2.24) is 0 Å². The standard InChI is InChI=1S/C11H18O2/c1-3-4-5-6-7-8-10(12)11(2)9-13-11/h10,12H,3-6,9H2,1-2H3/t10-,11+/m1/s1. The van der Waals surface area contributed by atoms with Gasteiger partial charge in [0.1, 0.15) is 11.7 Å². The van der Waals surface area contributed by atoms with Crippen molar-refractivity contribution in [3.63, 3.8) is 0 Å². The molecule has 1 saturated heterocycles. The van der Waals surface area contributed by atoms with Gasteiger partial charge >= 0.3 is 0 Å². The number of hydrogen-bond donors (Lipinski definition) is 1. The van der Waals surface area contributed by atoms with E-state index in [9.17, 15) is 5.11 Å². The number of epoxide rings is 1. The van der Waals surface area contributed by atoms with Crippen LogP contribution in [0.1, 0.15) is 39.5 Å². The lowest BCUT2D eigenvalue weighted by Gasteiger charge is -2.05. The Morgan fingerprint density at radius 1 is 1.54 bits per heavy atom. The van der Waals surface area contributed by atoms with E-state index in [-0.39, 0.29) is 5.60 Å². The third kappa shape index (κ3) is 3.38. The van der Waals surface area contributed by atoms with Crippen LogP contribution in [0.4, 0.5) is 0 Å². The van der Waals surface area contributed by atoms with Gasteiger partial charge in [0.05, 0.1) is 6.61 Å². The fraction of sp³-hybridized carbons (Fsp3) is 0.818. The molecule has 74 valence electrons. The molecule has 1 rings (SSSR count). The van der Waals surface area contributed by atoms with Crippen molar-refractivity contribution in [2.75, 3.05) is 6.61 Å². The normalized spacial score (nSPS) is 27.6. The van der Waals surface area contributed by atoms with Gasteiger partial charge in [-0.15, -0.1) is 5.92 Å². The van der Waals surface area contributed by atoms with E-state index in [1.165, 1.54) is 12.8 Å². The molecular weight excluding hydrogens is 164 g/mol. The van der Waals surface area contributed by atoms with Crippen LogP contribution in [-0.2, 0) is 4.74 Å². The van der Waals surface area contributed by atoms with Gasteiger partial charge in [-0.05, 0) is 13.3 Å². The monoisotopic (exact) mass is 182 g/mol. The molecule has 0 bridgehead atoms. The Labute approximate surface area is 80.3 Å². The largest absolute Gasteiger partial charge is 0.377 e. The van der Waals surface area contributed by atoms with Crippen molar-refractivity contribution in [2.24, 2.45) is 0 Å². The summed E-state index contributed by atoms with van der Waals surface area (Å²) in [5, 5.41) is 9.51. The molecule has 2 nitrogen and oxygen atoms in total. The highest BCUT2D eigenvalue weighted by Crippen LogP contribution is 2.29. The van der Waals surface area contributed by atoms with Crippen molar-refractivity contribution >= 4 is 0 Å². The van der Waals surface area contributed by atoms with Gasteiger partial charge in [0.25, 0.3) is 0 Å². The topological polar surface area (TPSA) is 32.8 Å². The molecule has 0 spiro atoms. The van der Waals surface area contributed by atoms with Crippen LogP contribution in [0.2, 0.25) is 0 Å². The van der Waals surface area contributed by atoms with Crippen LogP contribution < -0.4 is 0 Å². The van der Waals surface area contributed by atoms with Crippen LogP contribution in [0.25, 0.3) is 0 Å². The highest BCUT2D eigenvalue weighted by atomic mass is 16.6. The zero-order chi connectivity index (χ0) is 9.73. The van der Waals surface area contributed by atoms with Crippen LogP contribution >= 0.6 is 0 Å². The Hall–Kier alpha value is -0.520. The summed E-state index contributed by atoms with van der Waals surface area (Å²) in [7, 11) is 0. The molecule has 0 saturated carbocycles. The lowest BCUT2D eigenvalue weighted by molar-refractivity contribution is 0.131. The van der Waals surface area contributed by atoms with Gasteiger partial charge in [0.15, 0.2) is 0 Å². The van der Waals surface area contributed by atoms with Crippen molar-refractivity contribution in [3.8, 4) is 11.8 Å². The molecule has 0 aromatic carbocycles. The average molecular weight is 182 g/mol. The van der Waals surface area contributed by atoms with E-state index in [1.54, 1.807) is 0 Å². The van der Waals surface area contributed by atoms with Gasteiger partial charge < -0.3 is 9.84 Å². The fourth-order valence-electron chi connectivity index (χ4n) is 1.06. The third-order valence-corrected chi connectivity index (χ3v) is 2.32. The lowest BCUT2D eigenvalue weighted by Crippen LogP contribution is -2.24. The molecule has 0 aliphatic carbocycles. The Balaban J connectivity index is 2.15. The minimum Gasteiger partial charge on any atom is -0.377 e. The number of aliphatic hydroxyl groups excluding tert-OH is 1. The van der Waals surface area contributed by atoms with Crippen LogP contribution in [0.15, 0.2) is 0 Å². The summed E-state index contributed by atoms with van der Waals surface area (Å²) < 4.78 is 5.08. The van der Waals surface area contributed by atoms with Gasteiger partial charge in [-0.3, -0.25) is 0 Å². The second-order valence-corrected chi connectivity index (χ2v) is 3.78. The summed E-state index contributed by atoms with van der Waals surface area (Å²) in [5.74, 6) is 5.81. The van der Waals surface area contributed by atoms with Crippen LogP contribution in [0.5, 0.6) is 0 Å². The fourth-order valence-corrected chi connectivity index (χ4v) is 1.06. The first-order valence-corrected chi connectivity index (χ1v) is 4.99. The van der Waals surface area contributed by atoms with E-state index >= 15 is 0 Å². The summed E-state index contributed by atoms with van der Waals surface area (Å²) in [6.45, 7) is 4.69. The zero-order valence-corrected chi connectivity index (χ0v) is 8.47. The first-order valence-electron chi connectivity index (χ1n) is 4.99. The Kier molecular flexibility index (Phi) is 3.77. The van der Waals surface area contributed by atoms with E-state index in [0.717, 1.165) is 12.8 Å². The van der Waals surface area contributed by atoms with Crippen molar-refractivity contribution in [2.45, 2.75) is 51.2 Å². The summed E-state index contributed by atoms with van der Waals surface area (Å²) >= 11 is 0. The molecule has 0 radical (unpaired) electrons. The molecule has 2 heteroatoms. The van der Waals surface area contributed by atoms with Gasteiger partial charge in [-0.1, -0.05) is 25.7 Å². The number of rotatable bonds is 4. The molecule has 0 amide bonds. The molecule has 0 aromatic heterocycles. The number of hydrogen-bond acceptors (Lipinski definition) is 2. The van der Waals surface area contributed by atoms with Crippen molar-refractivity contribution < 1.29 is 9.84 Å². The van der Waals surface area contributed by atoms with Crippen LogP contribution in [0, 0.1) is 11.8 Å². The molecule has 13 heavy (non-hydrogen) atoms. The summed E-state index contributed by atoms with van der Waals surface area (Å²) in [5.41, 5.74) is -0.363. The minimum absolute atomic E-state index is 0.363. The maximum atomic E-state index is 9.51. The van der Waals surface area contributed by atoms with Crippen molar-refractivity contribution in [1.29, 1.82) is 0 Å². The second kappa shape index (κ2) is 4.64. The summed E-state index contributed by atoms with van der Waals surface area (Å²) in [6, 6.07) is 0. The molecule has 0 unspecified atom stereocenters. The minimum atomic E-state index is -0.603. The maximum Gasteiger partial charge on any atom is 0.145 e. The molecule has 1 aliphatic heterocycles. The molecule has 1 aliphatic rings.